The molecule has 208 valence electrons. The number of pyridine rings is 2. The van der Waals surface area contributed by atoms with Gasteiger partial charge in [0.05, 0.1) is 17.1 Å². The molecule has 1 aliphatic heterocycles. The lowest BCUT2D eigenvalue weighted by molar-refractivity contribution is 0.402. The van der Waals surface area contributed by atoms with E-state index in [-0.39, 0.29) is 5.41 Å². The summed E-state index contributed by atoms with van der Waals surface area (Å²) in [5.41, 5.74) is 8.19. The molecule has 4 heterocycles. The number of furan rings is 1. The molecule has 5 heteroatoms. The normalized spacial score (nSPS) is 14.4. The largest absolute Gasteiger partial charge is 0.454 e. The maximum absolute atomic E-state index is 16.5. The molecular formula is C38H28FN3O. The van der Waals surface area contributed by atoms with Crippen LogP contribution in [0.15, 0.2) is 132 Å². The number of hydrogen-bond acceptors (Lipinski definition) is 4. The lowest BCUT2D eigenvalue weighted by atomic mass is 9.73. The molecule has 0 bridgehead atoms. The summed E-state index contributed by atoms with van der Waals surface area (Å²) in [7, 11) is 0. The second-order valence-corrected chi connectivity index (χ2v) is 11.6. The zero-order valence-corrected chi connectivity index (χ0v) is 23.8. The summed E-state index contributed by atoms with van der Waals surface area (Å²) in [6.07, 6.45) is 2.22. The average molecular weight is 562 g/mol. The van der Waals surface area contributed by atoms with Crippen LogP contribution in [0.2, 0.25) is 0 Å². The van der Waals surface area contributed by atoms with Crippen molar-refractivity contribution in [2.75, 3.05) is 4.90 Å². The van der Waals surface area contributed by atoms with Gasteiger partial charge >= 0.3 is 0 Å². The molecule has 43 heavy (non-hydrogen) atoms. The van der Waals surface area contributed by atoms with E-state index < -0.39 is 6.17 Å². The van der Waals surface area contributed by atoms with Crippen LogP contribution >= 0.6 is 0 Å². The Balaban J connectivity index is 1.33. The van der Waals surface area contributed by atoms with Gasteiger partial charge in [0.1, 0.15) is 11.4 Å². The highest BCUT2D eigenvalue weighted by molar-refractivity contribution is 6.11. The summed E-state index contributed by atoms with van der Waals surface area (Å²) in [5.74, 6) is 0.748. The smallest absolute Gasteiger partial charge is 0.159 e. The fraction of sp³-hybridized carbons (Fsp3) is 0.105. The number of hydrogen-bond donors (Lipinski definition) is 0. The summed E-state index contributed by atoms with van der Waals surface area (Å²) < 4.78 is 23.0. The number of fused-ring (bicyclic) bond motifs is 6. The minimum Gasteiger partial charge on any atom is -0.454 e. The highest BCUT2D eigenvalue weighted by Crippen LogP contribution is 2.55. The van der Waals surface area contributed by atoms with E-state index in [1.807, 2.05) is 91.0 Å². The third-order valence-corrected chi connectivity index (χ3v) is 8.66. The number of rotatable bonds is 4. The lowest BCUT2D eigenvalue weighted by Crippen LogP contribution is -2.31. The van der Waals surface area contributed by atoms with E-state index >= 15 is 4.39 Å². The molecule has 4 aromatic carbocycles. The van der Waals surface area contributed by atoms with E-state index in [2.05, 4.69) is 48.0 Å². The molecule has 0 spiro atoms. The van der Waals surface area contributed by atoms with Crippen LogP contribution in [0.3, 0.4) is 0 Å². The molecule has 3 aromatic heterocycles. The molecule has 1 atom stereocenters. The predicted octanol–water partition coefficient (Wildman–Crippen LogP) is 10.2. The highest BCUT2D eigenvalue weighted by atomic mass is 19.1. The SMILES string of the molecule is CC1(C)c2ccc(C(F)c3cccc(-c4ccccn4)c3)cc2N(c2ccccn2)c2c1ccc1c2oc2ccccc21. The Hall–Kier alpha value is -5.29. The predicted molar refractivity (Wildman–Crippen MR) is 171 cm³/mol. The molecule has 1 aliphatic rings. The number of halogens is 1. The van der Waals surface area contributed by atoms with Crippen LogP contribution in [0.4, 0.5) is 21.6 Å². The van der Waals surface area contributed by atoms with Gasteiger partial charge in [0.25, 0.3) is 0 Å². The Morgan fingerprint density at radius 1 is 0.698 bits per heavy atom. The van der Waals surface area contributed by atoms with Crippen LogP contribution in [0, 0.1) is 0 Å². The second kappa shape index (κ2) is 9.63. The molecule has 7 aromatic rings. The monoisotopic (exact) mass is 561 g/mol. The maximum Gasteiger partial charge on any atom is 0.159 e. The van der Waals surface area contributed by atoms with E-state index in [1.54, 1.807) is 12.4 Å². The Morgan fingerprint density at radius 3 is 2.28 bits per heavy atom. The van der Waals surface area contributed by atoms with Crippen molar-refractivity contribution in [1.82, 2.24) is 9.97 Å². The van der Waals surface area contributed by atoms with Gasteiger partial charge in [-0.25, -0.2) is 9.37 Å². The fourth-order valence-corrected chi connectivity index (χ4v) is 6.49. The molecule has 1 unspecified atom stereocenters. The standard InChI is InChI=1S/C38H28FN3O/c1-38(2)29-18-16-26(35(39)25-11-9-10-24(22-25)31-13-5-7-20-40-31)23-32(29)42(34-15-6-8-21-41-34)36-30(38)19-17-28-27-12-3-4-14-33(27)43-37(28)36/h3-23,35H,1-2H3. The molecule has 0 saturated heterocycles. The van der Waals surface area contributed by atoms with Gasteiger partial charge in [0, 0.05) is 34.1 Å². The number of para-hydroxylation sites is 1. The van der Waals surface area contributed by atoms with E-state index in [9.17, 15) is 0 Å². The van der Waals surface area contributed by atoms with Crippen molar-refractivity contribution >= 4 is 39.1 Å². The molecule has 8 rings (SSSR count). The fourth-order valence-electron chi connectivity index (χ4n) is 6.49. The summed E-state index contributed by atoms with van der Waals surface area (Å²) in [4.78, 5) is 11.4. The number of aromatic nitrogens is 2. The van der Waals surface area contributed by atoms with Crippen molar-refractivity contribution in [1.29, 1.82) is 0 Å². The summed E-state index contributed by atoms with van der Waals surface area (Å²) in [5, 5.41) is 2.11. The minimum absolute atomic E-state index is 0.369. The maximum atomic E-state index is 16.5. The van der Waals surface area contributed by atoms with Crippen molar-refractivity contribution in [3.05, 3.63) is 150 Å². The zero-order chi connectivity index (χ0) is 29.1. The van der Waals surface area contributed by atoms with Gasteiger partial charge in [-0.3, -0.25) is 9.88 Å². The van der Waals surface area contributed by atoms with Gasteiger partial charge in [-0.1, -0.05) is 86.6 Å². The first-order valence-electron chi connectivity index (χ1n) is 14.5. The molecule has 4 nitrogen and oxygen atoms in total. The van der Waals surface area contributed by atoms with Crippen molar-refractivity contribution in [2.24, 2.45) is 0 Å². The van der Waals surface area contributed by atoms with Gasteiger partial charge in [0.2, 0.25) is 0 Å². The molecular weight excluding hydrogens is 533 g/mol. The minimum atomic E-state index is -1.33. The summed E-state index contributed by atoms with van der Waals surface area (Å²) >= 11 is 0. The Bertz CT molecular complexity index is 2140. The zero-order valence-electron chi connectivity index (χ0n) is 23.8. The molecule has 0 saturated carbocycles. The first-order chi connectivity index (χ1) is 21.0. The quantitative estimate of drug-likeness (QED) is 0.214. The molecule has 0 amide bonds. The first-order valence-corrected chi connectivity index (χ1v) is 14.5. The number of benzene rings is 4. The van der Waals surface area contributed by atoms with Crippen LogP contribution in [-0.4, -0.2) is 9.97 Å². The summed E-state index contributed by atoms with van der Waals surface area (Å²) in [6.45, 7) is 4.44. The molecule has 0 aliphatic carbocycles. The number of nitrogens with zero attached hydrogens (tertiary/aromatic N) is 3. The van der Waals surface area contributed by atoms with Crippen LogP contribution in [0.5, 0.6) is 0 Å². The Morgan fingerprint density at radius 2 is 1.47 bits per heavy atom. The van der Waals surface area contributed by atoms with E-state index in [1.165, 1.54) is 0 Å². The first kappa shape index (κ1) is 25.4. The Kier molecular flexibility index (Phi) is 5.70. The van der Waals surface area contributed by atoms with Gasteiger partial charge < -0.3 is 4.42 Å². The van der Waals surface area contributed by atoms with Crippen LogP contribution in [0.25, 0.3) is 33.2 Å². The van der Waals surface area contributed by atoms with Crippen molar-refractivity contribution in [3.8, 4) is 11.3 Å². The molecule has 0 N–H and O–H groups in total. The molecule has 0 radical (unpaired) electrons. The van der Waals surface area contributed by atoms with Crippen molar-refractivity contribution in [3.63, 3.8) is 0 Å². The van der Waals surface area contributed by atoms with Crippen LogP contribution < -0.4 is 4.90 Å². The third kappa shape index (κ3) is 3.96. The van der Waals surface area contributed by atoms with Gasteiger partial charge in [-0.15, -0.1) is 0 Å². The van der Waals surface area contributed by atoms with Gasteiger partial charge in [-0.2, -0.15) is 0 Å². The lowest BCUT2D eigenvalue weighted by Gasteiger charge is -2.41. The number of anilines is 3. The summed E-state index contributed by atoms with van der Waals surface area (Å²) in [6, 6.07) is 37.6. The van der Waals surface area contributed by atoms with Gasteiger partial charge in [0.15, 0.2) is 11.8 Å². The van der Waals surface area contributed by atoms with Crippen molar-refractivity contribution in [2.45, 2.75) is 25.4 Å². The third-order valence-electron chi connectivity index (χ3n) is 8.66. The second-order valence-electron chi connectivity index (χ2n) is 11.6. The van der Waals surface area contributed by atoms with Crippen LogP contribution in [0.1, 0.15) is 42.3 Å². The number of alkyl halides is 1. The van der Waals surface area contributed by atoms with Gasteiger partial charge in [-0.05, 0) is 64.7 Å². The van der Waals surface area contributed by atoms with E-state index in [0.29, 0.717) is 11.1 Å². The average Bonchev–Trinajstić information content (AvgIpc) is 3.44. The van der Waals surface area contributed by atoms with E-state index in [0.717, 1.165) is 61.5 Å². The Labute approximate surface area is 249 Å². The van der Waals surface area contributed by atoms with Crippen LogP contribution in [-0.2, 0) is 5.41 Å². The topological polar surface area (TPSA) is 42.2 Å². The molecule has 0 fully saturated rings. The highest BCUT2D eigenvalue weighted by Gasteiger charge is 2.40. The van der Waals surface area contributed by atoms with Crippen molar-refractivity contribution < 1.29 is 8.81 Å². The van der Waals surface area contributed by atoms with E-state index in [4.69, 9.17) is 9.40 Å².